The van der Waals surface area contributed by atoms with E-state index in [1.165, 1.54) is 0 Å². The first-order chi connectivity index (χ1) is 9.49. The highest BCUT2D eigenvalue weighted by Gasteiger charge is 2.26. The molecule has 108 valence electrons. The van der Waals surface area contributed by atoms with E-state index in [0.29, 0.717) is 6.42 Å². The van der Waals surface area contributed by atoms with Gasteiger partial charge in [0.05, 0.1) is 22.7 Å². The molecule has 1 saturated carbocycles. The first kappa shape index (κ1) is 14.4. The van der Waals surface area contributed by atoms with Gasteiger partial charge in [0.1, 0.15) is 5.82 Å². The average Bonchev–Trinajstić information content (AvgIpc) is 2.81. The molecule has 1 aromatic carbocycles. The van der Waals surface area contributed by atoms with Gasteiger partial charge in [0.25, 0.3) is 11.6 Å². The van der Waals surface area contributed by atoms with Crippen molar-refractivity contribution in [3.63, 3.8) is 0 Å². The molecule has 0 spiro atoms. The van der Waals surface area contributed by atoms with Gasteiger partial charge in [-0.3, -0.25) is 14.9 Å². The second kappa shape index (κ2) is 5.96. The Hall–Kier alpha value is -2.02. The summed E-state index contributed by atoms with van der Waals surface area (Å²) in [6.07, 6.45) is 2.02. The highest BCUT2D eigenvalue weighted by molar-refractivity contribution is 5.94. The Morgan fingerprint density at radius 1 is 1.50 bits per heavy atom. The molecule has 1 aliphatic carbocycles. The van der Waals surface area contributed by atoms with Crippen LogP contribution in [0.5, 0.6) is 0 Å². The third-order valence-electron chi connectivity index (χ3n) is 3.55. The number of benzene rings is 1. The van der Waals surface area contributed by atoms with Crippen LogP contribution in [0.2, 0.25) is 0 Å². The molecule has 1 aromatic rings. The number of nitro benzene ring substituents is 1. The fourth-order valence-electron chi connectivity index (χ4n) is 2.38. The van der Waals surface area contributed by atoms with Crippen LogP contribution >= 0.6 is 0 Å². The number of nitrogens with one attached hydrogen (secondary N) is 1. The fourth-order valence-corrected chi connectivity index (χ4v) is 2.38. The van der Waals surface area contributed by atoms with Crippen LogP contribution in [-0.2, 0) is 0 Å². The van der Waals surface area contributed by atoms with Crippen LogP contribution in [0.1, 0.15) is 29.6 Å². The van der Waals surface area contributed by atoms with Crippen molar-refractivity contribution in [2.45, 2.75) is 25.4 Å². The molecular formula is C13H15FN2O4. The molecule has 1 fully saturated rings. The van der Waals surface area contributed by atoms with E-state index in [1.54, 1.807) is 0 Å². The zero-order chi connectivity index (χ0) is 14.7. The van der Waals surface area contributed by atoms with Gasteiger partial charge in [0.15, 0.2) is 0 Å². The Labute approximate surface area is 114 Å². The second-order valence-electron chi connectivity index (χ2n) is 4.89. The summed E-state index contributed by atoms with van der Waals surface area (Å²) in [4.78, 5) is 21.6. The maximum absolute atomic E-state index is 13.6. The maximum atomic E-state index is 13.6. The molecule has 7 heteroatoms. The Balaban J connectivity index is 2.00. The number of nitrogens with zero attached hydrogens (tertiary/aromatic N) is 1. The minimum Gasteiger partial charge on any atom is -0.393 e. The molecule has 1 amide bonds. The average molecular weight is 282 g/mol. The lowest BCUT2D eigenvalue weighted by atomic mass is 10.1. The number of aliphatic hydroxyl groups excluding tert-OH is 1. The van der Waals surface area contributed by atoms with Gasteiger partial charge in [-0.2, -0.15) is 0 Å². The normalized spacial score (nSPS) is 21.7. The van der Waals surface area contributed by atoms with Crippen molar-refractivity contribution in [1.82, 2.24) is 5.32 Å². The smallest absolute Gasteiger partial charge is 0.272 e. The lowest BCUT2D eigenvalue weighted by Gasteiger charge is -2.15. The summed E-state index contributed by atoms with van der Waals surface area (Å²) in [6, 6.07) is 2.90. The molecule has 2 atom stereocenters. The lowest BCUT2D eigenvalue weighted by molar-refractivity contribution is -0.385. The van der Waals surface area contributed by atoms with Crippen LogP contribution in [0.4, 0.5) is 10.1 Å². The lowest BCUT2D eigenvalue weighted by Crippen LogP contribution is -2.32. The predicted molar refractivity (Wildman–Crippen MR) is 68.7 cm³/mol. The summed E-state index contributed by atoms with van der Waals surface area (Å²) in [5, 5.41) is 22.7. The highest BCUT2D eigenvalue weighted by atomic mass is 19.1. The number of carbonyl (C=O) groups is 1. The van der Waals surface area contributed by atoms with Crippen LogP contribution in [0.15, 0.2) is 18.2 Å². The summed E-state index contributed by atoms with van der Waals surface area (Å²) < 4.78 is 13.6. The monoisotopic (exact) mass is 282 g/mol. The minimum atomic E-state index is -0.927. The third-order valence-corrected chi connectivity index (χ3v) is 3.55. The van der Waals surface area contributed by atoms with E-state index in [1.807, 2.05) is 0 Å². The van der Waals surface area contributed by atoms with Gasteiger partial charge in [-0.25, -0.2) is 4.39 Å². The van der Waals surface area contributed by atoms with Crippen LogP contribution in [0.25, 0.3) is 0 Å². The Morgan fingerprint density at radius 2 is 2.25 bits per heavy atom. The third kappa shape index (κ3) is 3.11. The summed E-state index contributed by atoms with van der Waals surface area (Å²) in [6.45, 7) is 0.274. The Bertz CT molecular complexity index is 535. The van der Waals surface area contributed by atoms with Gasteiger partial charge in [0.2, 0.25) is 0 Å². The SMILES string of the molecule is O=C(NCC1CCCC1O)c1ccc([N+](=O)[O-])cc1F. The zero-order valence-electron chi connectivity index (χ0n) is 10.7. The molecule has 1 aliphatic rings. The molecule has 0 heterocycles. The van der Waals surface area contributed by atoms with Gasteiger partial charge < -0.3 is 10.4 Å². The first-order valence-corrected chi connectivity index (χ1v) is 6.39. The number of hydrogen-bond donors (Lipinski definition) is 2. The number of nitro groups is 1. The van der Waals surface area contributed by atoms with Crippen molar-refractivity contribution in [2.75, 3.05) is 6.54 Å². The molecule has 0 aromatic heterocycles. The largest absolute Gasteiger partial charge is 0.393 e. The summed E-state index contributed by atoms with van der Waals surface area (Å²) >= 11 is 0. The summed E-state index contributed by atoms with van der Waals surface area (Å²) in [5.41, 5.74) is -0.631. The number of hydrogen-bond acceptors (Lipinski definition) is 4. The molecule has 0 aliphatic heterocycles. The first-order valence-electron chi connectivity index (χ1n) is 6.39. The van der Waals surface area contributed by atoms with Crippen LogP contribution in [0.3, 0.4) is 0 Å². The van der Waals surface area contributed by atoms with Crippen molar-refractivity contribution in [2.24, 2.45) is 5.92 Å². The van der Waals surface area contributed by atoms with Crippen molar-refractivity contribution >= 4 is 11.6 Å². The van der Waals surface area contributed by atoms with E-state index in [0.717, 1.165) is 31.0 Å². The van der Waals surface area contributed by atoms with Crippen molar-refractivity contribution < 1.29 is 19.2 Å². The molecule has 0 radical (unpaired) electrons. The molecule has 2 rings (SSSR count). The molecule has 6 nitrogen and oxygen atoms in total. The van der Waals surface area contributed by atoms with Gasteiger partial charge in [0, 0.05) is 18.5 Å². The van der Waals surface area contributed by atoms with Crippen LogP contribution in [-0.4, -0.2) is 28.6 Å². The van der Waals surface area contributed by atoms with E-state index < -0.39 is 28.4 Å². The Kier molecular flexibility index (Phi) is 4.29. The second-order valence-corrected chi connectivity index (χ2v) is 4.89. The molecule has 20 heavy (non-hydrogen) atoms. The number of carbonyl (C=O) groups excluding carboxylic acids is 1. The quantitative estimate of drug-likeness (QED) is 0.648. The topological polar surface area (TPSA) is 92.5 Å². The van der Waals surface area contributed by atoms with Crippen LogP contribution in [0, 0.1) is 21.8 Å². The van der Waals surface area contributed by atoms with Crippen LogP contribution < -0.4 is 5.32 Å². The van der Waals surface area contributed by atoms with Gasteiger partial charge in [-0.1, -0.05) is 6.42 Å². The number of halogens is 1. The minimum absolute atomic E-state index is 0.0138. The highest BCUT2D eigenvalue weighted by Crippen LogP contribution is 2.25. The molecule has 2 unspecified atom stereocenters. The molecule has 0 saturated heterocycles. The van der Waals surface area contributed by atoms with E-state index in [9.17, 15) is 24.4 Å². The predicted octanol–water partition coefficient (Wildman–Crippen LogP) is 1.62. The number of non-ortho nitro benzene ring substituents is 1. The van der Waals surface area contributed by atoms with Crippen molar-refractivity contribution in [1.29, 1.82) is 0 Å². The molecule has 2 N–H and O–H groups in total. The molecule has 0 bridgehead atoms. The van der Waals surface area contributed by atoms with Gasteiger partial charge in [-0.15, -0.1) is 0 Å². The van der Waals surface area contributed by atoms with E-state index in [4.69, 9.17) is 0 Å². The van der Waals surface area contributed by atoms with Gasteiger partial charge >= 0.3 is 0 Å². The number of rotatable bonds is 4. The standard InChI is InChI=1S/C13H15FN2O4/c14-11-6-9(16(19)20)4-5-10(11)13(18)15-7-8-2-1-3-12(8)17/h4-6,8,12,17H,1-3,7H2,(H,15,18). The van der Waals surface area contributed by atoms with E-state index in [-0.39, 0.29) is 18.0 Å². The van der Waals surface area contributed by atoms with E-state index in [2.05, 4.69) is 5.32 Å². The Morgan fingerprint density at radius 3 is 2.80 bits per heavy atom. The number of amides is 1. The fraction of sp³-hybridized carbons (Fsp3) is 0.462. The zero-order valence-corrected chi connectivity index (χ0v) is 10.7. The van der Waals surface area contributed by atoms with E-state index >= 15 is 0 Å². The number of aliphatic hydroxyl groups is 1. The van der Waals surface area contributed by atoms with Crippen molar-refractivity contribution in [3.05, 3.63) is 39.7 Å². The maximum Gasteiger partial charge on any atom is 0.272 e. The van der Waals surface area contributed by atoms with Gasteiger partial charge in [-0.05, 0) is 18.9 Å². The van der Waals surface area contributed by atoms with Crippen molar-refractivity contribution in [3.8, 4) is 0 Å². The molecular weight excluding hydrogens is 267 g/mol. The summed E-state index contributed by atoms with van der Waals surface area (Å²) in [5.74, 6) is -1.57. The summed E-state index contributed by atoms with van der Waals surface area (Å²) in [7, 11) is 0.